The maximum atomic E-state index is 11.9. The van der Waals surface area contributed by atoms with Crippen molar-refractivity contribution in [1.29, 1.82) is 0 Å². The van der Waals surface area contributed by atoms with Gasteiger partial charge in [-0.2, -0.15) is 0 Å². The van der Waals surface area contributed by atoms with E-state index in [2.05, 4.69) is 5.32 Å². The largest absolute Gasteiger partial charge is 0.481 e. The van der Waals surface area contributed by atoms with Gasteiger partial charge in [-0.3, -0.25) is 9.59 Å². The van der Waals surface area contributed by atoms with Crippen molar-refractivity contribution in [3.05, 3.63) is 0 Å². The van der Waals surface area contributed by atoms with E-state index in [0.717, 1.165) is 6.42 Å². The monoisotopic (exact) mass is 272 g/mol. The lowest BCUT2D eigenvalue weighted by molar-refractivity contribution is -0.142. The molecule has 0 saturated heterocycles. The zero-order valence-electron chi connectivity index (χ0n) is 12.7. The third kappa shape index (κ3) is 7.15. The minimum atomic E-state index is -0.931. The van der Waals surface area contributed by atoms with Crippen molar-refractivity contribution < 1.29 is 14.7 Å². The molecule has 19 heavy (non-hydrogen) atoms. The van der Waals surface area contributed by atoms with Gasteiger partial charge in [0.2, 0.25) is 5.91 Å². The van der Waals surface area contributed by atoms with Crippen LogP contribution in [0.3, 0.4) is 0 Å². The second kappa shape index (κ2) is 6.89. The maximum absolute atomic E-state index is 11.9. The third-order valence-electron chi connectivity index (χ3n) is 3.01. The van der Waals surface area contributed by atoms with Crippen LogP contribution in [0.15, 0.2) is 0 Å². The van der Waals surface area contributed by atoms with Crippen LogP contribution < -0.4 is 11.1 Å². The first kappa shape index (κ1) is 17.9. The van der Waals surface area contributed by atoms with E-state index < -0.39 is 17.4 Å². The number of hydrogen-bond acceptors (Lipinski definition) is 3. The molecule has 0 bridgehead atoms. The highest BCUT2D eigenvalue weighted by molar-refractivity contribution is 5.86. The predicted octanol–water partition coefficient (Wildman–Crippen LogP) is 1.76. The molecule has 2 atom stereocenters. The zero-order valence-corrected chi connectivity index (χ0v) is 12.7. The van der Waals surface area contributed by atoms with Gasteiger partial charge in [0.05, 0.1) is 11.5 Å². The molecule has 5 nitrogen and oxygen atoms in total. The summed E-state index contributed by atoms with van der Waals surface area (Å²) in [6.45, 7) is 9.70. The van der Waals surface area contributed by atoms with Gasteiger partial charge in [0.1, 0.15) is 0 Å². The summed E-state index contributed by atoms with van der Waals surface area (Å²) in [5, 5.41) is 11.8. The number of nitrogens with one attached hydrogen (secondary N) is 1. The molecule has 0 rings (SSSR count). The number of carboxylic acid groups (broad SMARTS) is 1. The van der Waals surface area contributed by atoms with Gasteiger partial charge in [0.25, 0.3) is 0 Å². The van der Waals surface area contributed by atoms with E-state index in [0.29, 0.717) is 12.8 Å². The molecule has 1 amide bonds. The summed E-state index contributed by atoms with van der Waals surface area (Å²) in [6.07, 6.45) is 1.90. The molecule has 0 saturated carbocycles. The second-order valence-electron chi connectivity index (χ2n) is 6.68. The first-order valence-electron chi connectivity index (χ1n) is 6.79. The Hall–Kier alpha value is -1.10. The quantitative estimate of drug-likeness (QED) is 0.658. The van der Waals surface area contributed by atoms with Crippen molar-refractivity contribution in [3.8, 4) is 0 Å². The Bertz CT molecular complexity index is 319. The van der Waals surface area contributed by atoms with E-state index in [4.69, 9.17) is 5.73 Å². The topological polar surface area (TPSA) is 92.4 Å². The smallest absolute Gasteiger partial charge is 0.308 e. The van der Waals surface area contributed by atoms with Crippen LogP contribution in [0.1, 0.15) is 53.9 Å². The Morgan fingerprint density at radius 2 is 1.79 bits per heavy atom. The summed E-state index contributed by atoms with van der Waals surface area (Å²) < 4.78 is 0. The van der Waals surface area contributed by atoms with E-state index >= 15 is 0 Å². The lowest BCUT2D eigenvalue weighted by atomic mass is 9.84. The molecule has 0 radical (unpaired) electrons. The number of nitrogens with two attached hydrogens (primary N) is 1. The van der Waals surface area contributed by atoms with Gasteiger partial charge in [-0.05, 0) is 25.2 Å². The summed E-state index contributed by atoms with van der Waals surface area (Å²) in [7, 11) is 0. The molecule has 112 valence electrons. The lowest BCUT2D eigenvalue weighted by Gasteiger charge is -2.26. The highest BCUT2D eigenvalue weighted by atomic mass is 16.4. The lowest BCUT2D eigenvalue weighted by Crippen LogP contribution is -2.52. The van der Waals surface area contributed by atoms with Crippen molar-refractivity contribution in [2.24, 2.45) is 17.1 Å². The molecule has 5 heteroatoms. The fourth-order valence-electron chi connectivity index (χ4n) is 2.04. The molecule has 4 N–H and O–H groups in total. The van der Waals surface area contributed by atoms with Crippen LogP contribution in [0.2, 0.25) is 0 Å². The average Bonchev–Trinajstić information content (AvgIpc) is 2.21. The van der Waals surface area contributed by atoms with Crippen molar-refractivity contribution in [2.75, 3.05) is 6.54 Å². The summed E-state index contributed by atoms with van der Waals surface area (Å²) in [5.41, 5.74) is 4.88. The van der Waals surface area contributed by atoms with Crippen molar-refractivity contribution >= 4 is 11.9 Å². The molecule has 0 aliphatic carbocycles. The molecule has 0 aromatic carbocycles. The van der Waals surface area contributed by atoms with Gasteiger partial charge >= 0.3 is 5.97 Å². The maximum Gasteiger partial charge on any atom is 0.308 e. The second-order valence-corrected chi connectivity index (χ2v) is 6.68. The van der Waals surface area contributed by atoms with Gasteiger partial charge < -0.3 is 16.2 Å². The fraction of sp³-hybridized carbons (Fsp3) is 0.857. The minimum absolute atomic E-state index is 0.0940. The van der Waals surface area contributed by atoms with Crippen LogP contribution in [-0.2, 0) is 9.59 Å². The standard InChI is InChI=1S/C14H28N2O3/c1-6-7-14(5,15)12(19)16-9-10(11(17)18)8-13(2,3)4/h10H,6-9,15H2,1-5H3,(H,16,19)(H,17,18). The van der Waals surface area contributed by atoms with Crippen LogP contribution in [0.25, 0.3) is 0 Å². The Balaban J connectivity index is 4.49. The third-order valence-corrected chi connectivity index (χ3v) is 3.01. The Morgan fingerprint density at radius 1 is 1.26 bits per heavy atom. The molecule has 0 fully saturated rings. The van der Waals surface area contributed by atoms with E-state index in [-0.39, 0.29) is 17.9 Å². The van der Waals surface area contributed by atoms with Crippen LogP contribution in [0, 0.1) is 11.3 Å². The van der Waals surface area contributed by atoms with E-state index in [1.165, 1.54) is 0 Å². The Morgan fingerprint density at radius 3 is 2.16 bits per heavy atom. The molecule has 2 unspecified atom stereocenters. The number of carboxylic acids is 1. The highest BCUT2D eigenvalue weighted by Gasteiger charge is 2.30. The summed E-state index contributed by atoms with van der Waals surface area (Å²) in [4.78, 5) is 23.1. The number of carbonyl (C=O) groups is 2. The average molecular weight is 272 g/mol. The molecule has 0 aliphatic heterocycles. The molecule has 0 heterocycles. The van der Waals surface area contributed by atoms with E-state index in [1.807, 2.05) is 27.7 Å². The van der Waals surface area contributed by atoms with Crippen molar-refractivity contribution in [2.45, 2.75) is 59.4 Å². The van der Waals surface area contributed by atoms with Crippen LogP contribution >= 0.6 is 0 Å². The molecular weight excluding hydrogens is 244 g/mol. The number of aliphatic carboxylic acids is 1. The number of hydrogen-bond donors (Lipinski definition) is 3. The summed E-state index contributed by atoms with van der Waals surface area (Å²) in [5.74, 6) is -1.75. The van der Waals surface area contributed by atoms with Crippen LogP contribution in [0.4, 0.5) is 0 Å². The molecule has 0 aromatic heterocycles. The molecular formula is C14H28N2O3. The number of carbonyl (C=O) groups excluding carboxylic acids is 1. The zero-order chi connectivity index (χ0) is 15.3. The summed E-state index contributed by atoms with van der Waals surface area (Å²) >= 11 is 0. The fourth-order valence-corrected chi connectivity index (χ4v) is 2.04. The highest BCUT2D eigenvalue weighted by Crippen LogP contribution is 2.24. The van der Waals surface area contributed by atoms with Crippen molar-refractivity contribution in [3.63, 3.8) is 0 Å². The first-order chi connectivity index (χ1) is 8.49. The van der Waals surface area contributed by atoms with Gasteiger partial charge in [-0.1, -0.05) is 34.1 Å². The van der Waals surface area contributed by atoms with Crippen LogP contribution in [-0.4, -0.2) is 29.1 Å². The Labute approximate surface area is 115 Å². The molecule has 0 aromatic rings. The van der Waals surface area contributed by atoms with Gasteiger partial charge in [0, 0.05) is 6.54 Å². The number of amides is 1. The predicted molar refractivity (Wildman–Crippen MR) is 75.7 cm³/mol. The van der Waals surface area contributed by atoms with E-state index in [1.54, 1.807) is 6.92 Å². The number of rotatable bonds is 7. The van der Waals surface area contributed by atoms with E-state index in [9.17, 15) is 14.7 Å². The SMILES string of the molecule is CCCC(C)(N)C(=O)NCC(CC(C)(C)C)C(=O)O. The Kier molecular flexibility index (Phi) is 6.49. The van der Waals surface area contributed by atoms with Crippen LogP contribution in [0.5, 0.6) is 0 Å². The molecule has 0 aliphatic rings. The normalized spacial score (nSPS) is 16.5. The van der Waals surface area contributed by atoms with Crippen molar-refractivity contribution in [1.82, 2.24) is 5.32 Å². The van der Waals surface area contributed by atoms with Gasteiger partial charge in [0.15, 0.2) is 0 Å². The van der Waals surface area contributed by atoms with Gasteiger partial charge in [-0.15, -0.1) is 0 Å². The molecule has 0 spiro atoms. The first-order valence-corrected chi connectivity index (χ1v) is 6.79. The summed E-state index contributed by atoms with van der Waals surface area (Å²) in [6, 6.07) is 0. The minimum Gasteiger partial charge on any atom is -0.481 e. The van der Waals surface area contributed by atoms with Gasteiger partial charge in [-0.25, -0.2) is 0 Å².